The minimum Gasteiger partial charge on any atom is -0.255 e. The van der Waals surface area contributed by atoms with Crippen molar-refractivity contribution in [1.82, 2.24) is 14.3 Å². The van der Waals surface area contributed by atoms with Crippen molar-refractivity contribution >= 4 is 22.4 Å². The molecule has 1 aromatic carbocycles. The largest absolute Gasteiger partial charge is 0.255 e. The summed E-state index contributed by atoms with van der Waals surface area (Å²) < 4.78 is 19.0. The number of benzene rings is 1. The van der Waals surface area contributed by atoms with Crippen molar-refractivity contribution in [2.75, 3.05) is 0 Å². The molecule has 0 aliphatic heterocycles. The number of hydrogen-bond donors (Lipinski definition) is 0. The van der Waals surface area contributed by atoms with Gasteiger partial charge in [0.15, 0.2) is 5.82 Å². The summed E-state index contributed by atoms with van der Waals surface area (Å²) in [7, 11) is 0. The van der Waals surface area contributed by atoms with Crippen molar-refractivity contribution in [3.63, 3.8) is 0 Å². The van der Waals surface area contributed by atoms with Crippen LogP contribution in [0.3, 0.4) is 0 Å². The lowest BCUT2D eigenvalue weighted by molar-refractivity contribution is 0.640. The van der Waals surface area contributed by atoms with Crippen molar-refractivity contribution in [3.05, 3.63) is 65.9 Å². The van der Waals surface area contributed by atoms with E-state index in [0.717, 1.165) is 11.1 Å². The van der Waals surface area contributed by atoms with E-state index in [1.54, 1.807) is 18.3 Å². The Labute approximate surface area is 130 Å². The maximum atomic E-state index is 14.8. The van der Waals surface area contributed by atoms with Crippen LogP contribution in [0.4, 0.5) is 4.39 Å². The number of aromatic nitrogens is 3. The van der Waals surface area contributed by atoms with Crippen LogP contribution in [0.25, 0.3) is 33.5 Å². The number of halogens is 1. The third-order valence-electron chi connectivity index (χ3n) is 3.44. The number of pyridine rings is 2. The summed E-state index contributed by atoms with van der Waals surface area (Å²) in [5, 5.41) is 2.59. The Morgan fingerprint density at radius 1 is 0.864 bits per heavy atom. The number of fused-ring (bicyclic) bond motifs is 1. The van der Waals surface area contributed by atoms with Gasteiger partial charge in [-0.3, -0.25) is 4.98 Å². The van der Waals surface area contributed by atoms with Crippen LogP contribution in [0, 0.1) is 5.82 Å². The number of hydrogen-bond acceptors (Lipinski definition) is 4. The Morgan fingerprint density at radius 2 is 1.77 bits per heavy atom. The lowest BCUT2D eigenvalue weighted by Gasteiger charge is -2.06. The molecule has 0 spiro atoms. The summed E-state index contributed by atoms with van der Waals surface area (Å²) in [6.45, 7) is 0. The molecule has 0 N–H and O–H groups in total. The van der Waals surface area contributed by atoms with Crippen LogP contribution in [-0.4, -0.2) is 14.3 Å². The summed E-state index contributed by atoms with van der Waals surface area (Å²) in [6, 6.07) is 14.7. The fourth-order valence-corrected chi connectivity index (χ4v) is 2.88. The molecule has 3 nitrogen and oxygen atoms in total. The van der Waals surface area contributed by atoms with Crippen molar-refractivity contribution in [1.29, 1.82) is 0 Å². The summed E-state index contributed by atoms with van der Waals surface area (Å²) >= 11 is 1.30. The third-order valence-corrected chi connectivity index (χ3v) is 4.00. The van der Waals surface area contributed by atoms with Gasteiger partial charge in [-0.1, -0.05) is 18.2 Å². The highest BCUT2D eigenvalue weighted by atomic mass is 32.1. The Morgan fingerprint density at radius 3 is 2.55 bits per heavy atom. The minimum atomic E-state index is -0.346. The van der Waals surface area contributed by atoms with Crippen molar-refractivity contribution in [3.8, 4) is 22.6 Å². The first kappa shape index (κ1) is 13.0. The van der Waals surface area contributed by atoms with E-state index in [0.29, 0.717) is 22.5 Å². The van der Waals surface area contributed by atoms with Crippen molar-refractivity contribution in [2.45, 2.75) is 0 Å². The summed E-state index contributed by atoms with van der Waals surface area (Å²) in [5.41, 5.74) is 2.83. The predicted molar refractivity (Wildman–Crippen MR) is 86.0 cm³/mol. The Bertz CT molecular complexity index is 937. The van der Waals surface area contributed by atoms with E-state index in [1.807, 2.05) is 41.8 Å². The van der Waals surface area contributed by atoms with Gasteiger partial charge < -0.3 is 0 Å². The molecular formula is C17H10FN3S. The molecule has 106 valence electrons. The fourth-order valence-electron chi connectivity index (χ4n) is 2.36. The molecule has 0 bridgehead atoms. The molecule has 0 saturated carbocycles. The van der Waals surface area contributed by atoms with E-state index < -0.39 is 0 Å². The molecule has 0 atom stereocenters. The van der Waals surface area contributed by atoms with Gasteiger partial charge in [0.1, 0.15) is 5.52 Å². The normalized spacial score (nSPS) is 11.0. The van der Waals surface area contributed by atoms with E-state index in [9.17, 15) is 4.39 Å². The van der Waals surface area contributed by atoms with Crippen LogP contribution in [0.2, 0.25) is 0 Å². The second kappa shape index (κ2) is 5.27. The zero-order valence-corrected chi connectivity index (χ0v) is 12.2. The molecule has 0 unspecified atom stereocenters. The topological polar surface area (TPSA) is 38.7 Å². The highest BCUT2D eigenvalue weighted by Gasteiger charge is 2.13. The van der Waals surface area contributed by atoms with Crippen molar-refractivity contribution in [2.24, 2.45) is 0 Å². The molecule has 0 radical (unpaired) electrons. The molecule has 0 aliphatic carbocycles. The van der Waals surface area contributed by atoms with Gasteiger partial charge in [-0.15, -0.1) is 0 Å². The first-order valence-corrected chi connectivity index (χ1v) is 7.58. The predicted octanol–water partition coefficient (Wildman–Crippen LogP) is 4.56. The fraction of sp³-hybridized carbons (Fsp3) is 0. The Kier molecular flexibility index (Phi) is 3.12. The Balaban J connectivity index is 1.93. The summed E-state index contributed by atoms with van der Waals surface area (Å²) in [6.07, 6.45) is 1.70. The zero-order valence-electron chi connectivity index (χ0n) is 11.4. The molecule has 3 aromatic heterocycles. The van der Waals surface area contributed by atoms with Gasteiger partial charge in [0.25, 0.3) is 0 Å². The average Bonchev–Trinajstić information content (AvgIpc) is 3.10. The molecule has 22 heavy (non-hydrogen) atoms. The van der Waals surface area contributed by atoms with Gasteiger partial charge in [0, 0.05) is 22.5 Å². The third kappa shape index (κ3) is 2.16. The monoisotopic (exact) mass is 307 g/mol. The SMILES string of the molecule is Fc1c(-c2ccsn2)ccc2ccc(-c3ccccn3)nc12. The van der Waals surface area contributed by atoms with Crippen molar-refractivity contribution < 1.29 is 4.39 Å². The van der Waals surface area contributed by atoms with Gasteiger partial charge in [-0.05, 0) is 41.9 Å². The van der Waals surface area contributed by atoms with Gasteiger partial charge >= 0.3 is 0 Å². The highest BCUT2D eigenvalue weighted by Crippen LogP contribution is 2.29. The van der Waals surface area contributed by atoms with E-state index in [1.165, 1.54) is 11.5 Å². The van der Waals surface area contributed by atoms with Gasteiger partial charge in [0.05, 0.1) is 17.1 Å². The molecule has 0 aliphatic rings. The molecule has 4 aromatic rings. The first-order chi connectivity index (χ1) is 10.8. The van der Waals surface area contributed by atoms with Crippen LogP contribution in [-0.2, 0) is 0 Å². The quantitative estimate of drug-likeness (QED) is 0.545. The van der Waals surface area contributed by atoms with E-state index in [4.69, 9.17) is 0 Å². The first-order valence-electron chi connectivity index (χ1n) is 6.74. The summed E-state index contributed by atoms with van der Waals surface area (Å²) in [5.74, 6) is -0.346. The maximum absolute atomic E-state index is 14.8. The van der Waals surface area contributed by atoms with Crippen LogP contribution in [0.1, 0.15) is 0 Å². The van der Waals surface area contributed by atoms with Gasteiger partial charge in [-0.2, -0.15) is 4.37 Å². The van der Waals surface area contributed by atoms with Crippen LogP contribution >= 0.6 is 11.5 Å². The minimum absolute atomic E-state index is 0.341. The second-order valence-corrected chi connectivity index (χ2v) is 5.46. The highest BCUT2D eigenvalue weighted by molar-refractivity contribution is 7.03. The standard InChI is InChI=1S/C17H10FN3S/c18-16-12(13-8-10-22-21-13)6-4-11-5-7-15(20-17(11)16)14-3-1-2-9-19-14/h1-10H. The lowest BCUT2D eigenvalue weighted by atomic mass is 10.1. The van der Waals surface area contributed by atoms with Gasteiger partial charge in [0.2, 0.25) is 0 Å². The number of rotatable bonds is 2. The molecule has 0 amide bonds. The molecule has 3 heterocycles. The zero-order chi connectivity index (χ0) is 14.9. The Hall–Kier alpha value is -2.66. The van der Waals surface area contributed by atoms with Crippen LogP contribution in [0.5, 0.6) is 0 Å². The smallest absolute Gasteiger partial charge is 0.158 e. The van der Waals surface area contributed by atoms with Gasteiger partial charge in [-0.25, -0.2) is 9.37 Å². The van der Waals surface area contributed by atoms with E-state index in [2.05, 4.69) is 14.3 Å². The van der Waals surface area contributed by atoms with E-state index in [-0.39, 0.29) is 5.82 Å². The van der Waals surface area contributed by atoms with E-state index >= 15 is 0 Å². The number of nitrogens with zero attached hydrogens (tertiary/aromatic N) is 3. The molecule has 5 heteroatoms. The molecule has 0 fully saturated rings. The average molecular weight is 307 g/mol. The summed E-state index contributed by atoms with van der Waals surface area (Å²) in [4.78, 5) is 8.72. The molecule has 0 saturated heterocycles. The second-order valence-electron chi connectivity index (χ2n) is 4.79. The van der Waals surface area contributed by atoms with Crippen LogP contribution < -0.4 is 0 Å². The molecular weight excluding hydrogens is 297 g/mol. The maximum Gasteiger partial charge on any atom is 0.158 e. The molecule has 4 rings (SSSR count). The van der Waals surface area contributed by atoms with Crippen LogP contribution in [0.15, 0.2) is 60.1 Å². The lowest BCUT2D eigenvalue weighted by Crippen LogP contribution is -1.93.